The number of aromatic amines is 1. The summed E-state index contributed by atoms with van der Waals surface area (Å²) in [7, 11) is 2.03. The number of carbonyl (C=O) groups excluding carboxylic acids is 1. The van der Waals surface area contributed by atoms with Crippen molar-refractivity contribution in [1.82, 2.24) is 15.4 Å². The van der Waals surface area contributed by atoms with E-state index in [0.29, 0.717) is 12.6 Å². The maximum absolute atomic E-state index is 11.8. The number of nitrogens with one attached hydrogen (secondary N) is 2. The third kappa shape index (κ3) is 1.74. The minimum Gasteiger partial charge on any atom is -0.361 e. The zero-order chi connectivity index (χ0) is 14.6. The van der Waals surface area contributed by atoms with Crippen molar-refractivity contribution in [3.05, 3.63) is 41.6 Å². The van der Waals surface area contributed by atoms with Gasteiger partial charge >= 0.3 is 0 Å². The third-order valence-corrected chi connectivity index (χ3v) is 4.72. The number of hydroxylamine groups is 1. The second-order valence-electron chi connectivity index (χ2n) is 5.91. The fraction of sp³-hybridized carbons (Fsp3) is 0.312. The molecule has 0 radical (unpaired) electrons. The molecule has 21 heavy (non-hydrogen) atoms. The largest absolute Gasteiger partial charge is 0.361 e. The Labute approximate surface area is 122 Å². The second kappa shape index (κ2) is 4.44. The van der Waals surface area contributed by atoms with Gasteiger partial charge in [-0.05, 0) is 36.2 Å². The summed E-state index contributed by atoms with van der Waals surface area (Å²) in [4.78, 5) is 17.3. The molecule has 4 rings (SSSR count). The first-order valence-corrected chi connectivity index (χ1v) is 7.14. The topological polar surface area (TPSA) is 68.4 Å². The van der Waals surface area contributed by atoms with Crippen molar-refractivity contribution in [3.63, 3.8) is 0 Å². The number of nitrogens with zero attached hydrogens (tertiary/aromatic N) is 1. The highest BCUT2D eigenvalue weighted by Gasteiger charge is 2.35. The van der Waals surface area contributed by atoms with E-state index in [-0.39, 0.29) is 11.8 Å². The summed E-state index contributed by atoms with van der Waals surface area (Å²) < 4.78 is 0. The number of rotatable bonds is 1. The summed E-state index contributed by atoms with van der Waals surface area (Å²) in [6.07, 6.45) is 5.05. The number of fused-ring (bicyclic) bond motifs is 2. The molecular weight excluding hydrogens is 266 g/mol. The van der Waals surface area contributed by atoms with E-state index in [1.807, 2.05) is 19.2 Å². The van der Waals surface area contributed by atoms with Crippen molar-refractivity contribution in [2.45, 2.75) is 12.5 Å². The molecule has 5 heteroatoms. The first kappa shape index (κ1) is 12.6. The molecule has 0 fully saturated rings. The van der Waals surface area contributed by atoms with Gasteiger partial charge in [0.2, 0.25) is 0 Å². The van der Waals surface area contributed by atoms with Crippen molar-refractivity contribution in [3.8, 4) is 0 Å². The van der Waals surface area contributed by atoms with Crippen LogP contribution in [0, 0.1) is 5.92 Å². The van der Waals surface area contributed by atoms with Crippen LogP contribution in [0.3, 0.4) is 0 Å². The van der Waals surface area contributed by atoms with Crippen LogP contribution in [-0.2, 0) is 11.2 Å². The maximum atomic E-state index is 11.8. The number of hydrogen-bond donors (Lipinski definition) is 3. The predicted octanol–water partition coefficient (Wildman–Crippen LogP) is 1.54. The first-order valence-electron chi connectivity index (χ1n) is 7.14. The molecule has 0 unspecified atom stereocenters. The number of likely N-dealkylation sites (N-methyl/N-ethyl adjacent to an activating group) is 1. The Morgan fingerprint density at radius 1 is 1.48 bits per heavy atom. The molecule has 108 valence electrons. The summed E-state index contributed by atoms with van der Waals surface area (Å²) in [5.74, 6) is -0.665. The highest BCUT2D eigenvalue weighted by Crippen LogP contribution is 2.40. The molecule has 1 aliphatic carbocycles. The van der Waals surface area contributed by atoms with E-state index in [2.05, 4.69) is 28.2 Å². The number of carbonyl (C=O) groups is 1. The second-order valence-corrected chi connectivity index (χ2v) is 5.91. The van der Waals surface area contributed by atoms with Gasteiger partial charge in [0.05, 0.1) is 5.92 Å². The van der Waals surface area contributed by atoms with E-state index in [4.69, 9.17) is 5.21 Å². The smallest absolute Gasteiger partial charge is 0.251 e. The third-order valence-electron chi connectivity index (χ3n) is 4.72. The standard InChI is InChI=1S/C16H17N3O2/c1-19-8-10(16(20)18-21)5-12-11-3-2-4-13-15(11)9(7-17-13)6-14(12)19/h2-5,7,10,14,17,21H,6,8H2,1H3,(H,18,20)/t10-,14-/m0/s1. The van der Waals surface area contributed by atoms with Gasteiger partial charge in [0.1, 0.15) is 0 Å². The lowest BCUT2D eigenvalue weighted by Gasteiger charge is -2.39. The Morgan fingerprint density at radius 3 is 3.14 bits per heavy atom. The molecule has 2 atom stereocenters. The summed E-state index contributed by atoms with van der Waals surface area (Å²) in [5.41, 5.74) is 6.63. The zero-order valence-corrected chi connectivity index (χ0v) is 11.8. The molecule has 0 saturated heterocycles. The van der Waals surface area contributed by atoms with Gasteiger partial charge in [-0.2, -0.15) is 0 Å². The van der Waals surface area contributed by atoms with Crippen LogP contribution < -0.4 is 5.48 Å². The molecule has 0 bridgehead atoms. The van der Waals surface area contributed by atoms with E-state index < -0.39 is 0 Å². The molecule has 2 heterocycles. The van der Waals surface area contributed by atoms with Crippen LogP contribution in [0.5, 0.6) is 0 Å². The lowest BCUT2D eigenvalue weighted by atomic mass is 9.80. The van der Waals surface area contributed by atoms with Gasteiger partial charge in [-0.15, -0.1) is 0 Å². The molecule has 0 spiro atoms. The Balaban J connectivity index is 1.91. The van der Waals surface area contributed by atoms with Gasteiger partial charge in [-0.1, -0.05) is 18.2 Å². The highest BCUT2D eigenvalue weighted by molar-refractivity contribution is 5.99. The van der Waals surface area contributed by atoms with Crippen molar-refractivity contribution in [1.29, 1.82) is 0 Å². The van der Waals surface area contributed by atoms with Crippen LogP contribution in [0.25, 0.3) is 16.5 Å². The van der Waals surface area contributed by atoms with Gasteiger partial charge in [0, 0.05) is 29.7 Å². The summed E-state index contributed by atoms with van der Waals surface area (Å²) in [6, 6.07) is 6.52. The lowest BCUT2D eigenvalue weighted by molar-refractivity contribution is -0.132. The van der Waals surface area contributed by atoms with Crippen LogP contribution >= 0.6 is 0 Å². The Bertz CT molecular complexity index is 762. The van der Waals surface area contributed by atoms with Crippen LogP contribution in [0.2, 0.25) is 0 Å². The molecule has 1 aromatic carbocycles. The van der Waals surface area contributed by atoms with Gasteiger partial charge in [-0.3, -0.25) is 14.9 Å². The van der Waals surface area contributed by atoms with E-state index in [1.165, 1.54) is 22.1 Å². The number of benzene rings is 1. The van der Waals surface area contributed by atoms with Crippen molar-refractivity contribution < 1.29 is 10.0 Å². The van der Waals surface area contributed by atoms with E-state index >= 15 is 0 Å². The number of aromatic nitrogens is 1. The Hall–Kier alpha value is -2.11. The molecule has 3 N–H and O–H groups in total. The minimum atomic E-state index is -0.347. The molecular formula is C16H17N3O2. The maximum Gasteiger partial charge on any atom is 0.251 e. The van der Waals surface area contributed by atoms with Crippen molar-refractivity contribution >= 4 is 22.4 Å². The normalized spacial score (nSPS) is 24.6. The quantitative estimate of drug-likeness (QED) is 0.549. The van der Waals surface area contributed by atoms with E-state index in [9.17, 15) is 4.79 Å². The van der Waals surface area contributed by atoms with Gasteiger partial charge in [0.25, 0.3) is 5.91 Å². The average Bonchev–Trinajstić information content (AvgIpc) is 2.92. The molecule has 1 aromatic heterocycles. The first-order chi connectivity index (χ1) is 10.2. The zero-order valence-electron chi connectivity index (χ0n) is 11.8. The predicted molar refractivity (Wildman–Crippen MR) is 79.8 cm³/mol. The van der Waals surface area contributed by atoms with Crippen molar-refractivity contribution in [2.24, 2.45) is 5.92 Å². The lowest BCUT2D eigenvalue weighted by Crippen LogP contribution is -2.46. The molecule has 2 aliphatic rings. The summed E-state index contributed by atoms with van der Waals surface area (Å²) in [6.45, 7) is 0.621. The Kier molecular flexibility index (Phi) is 2.67. The highest BCUT2D eigenvalue weighted by atomic mass is 16.5. The minimum absolute atomic E-state index is 0.293. The van der Waals surface area contributed by atoms with Crippen LogP contribution in [0.1, 0.15) is 11.1 Å². The van der Waals surface area contributed by atoms with Crippen LogP contribution in [0.4, 0.5) is 0 Å². The molecule has 2 aromatic rings. The van der Waals surface area contributed by atoms with Crippen LogP contribution in [0.15, 0.2) is 30.5 Å². The number of H-pyrrole nitrogens is 1. The van der Waals surface area contributed by atoms with Crippen molar-refractivity contribution in [2.75, 3.05) is 13.6 Å². The number of amides is 1. The molecule has 5 nitrogen and oxygen atoms in total. The Morgan fingerprint density at radius 2 is 2.33 bits per heavy atom. The SMILES string of the molecule is CN1C[C@@H](C(=O)NO)C=C2c3cccc4[nH]cc(c34)C[C@@H]21. The summed E-state index contributed by atoms with van der Waals surface area (Å²) in [5, 5.41) is 10.2. The van der Waals surface area contributed by atoms with E-state index in [1.54, 1.807) is 5.48 Å². The van der Waals surface area contributed by atoms with Gasteiger partial charge in [-0.25, -0.2) is 5.48 Å². The van der Waals surface area contributed by atoms with E-state index in [0.717, 1.165) is 11.9 Å². The monoisotopic (exact) mass is 283 g/mol. The van der Waals surface area contributed by atoms with Gasteiger partial charge in [0.15, 0.2) is 0 Å². The van der Waals surface area contributed by atoms with Crippen LogP contribution in [-0.4, -0.2) is 40.6 Å². The fourth-order valence-corrected chi connectivity index (χ4v) is 3.70. The fourth-order valence-electron chi connectivity index (χ4n) is 3.70. The van der Waals surface area contributed by atoms with Gasteiger partial charge < -0.3 is 4.98 Å². The summed E-state index contributed by atoms with van der Waals surface area (Å²) >= 11 is 0. The number of hydrogen-bond acceptors (Lipinski definition) is 3. The molecule has 0 saturated carbocycles. The molecule has 1 amide bonds. The average molecular weight is 283 g/mol. The molecule has 1 aliphatic heterocycles.